The van der Waals surface area contributed by atoms with Crippen molar-refractivity contribution >= 4 is 16.9 Å². The minimum atomic E-state index is 0.800. The van der Waals surface area contributed by atoms with Crippen molar-refractivity contribution in [2.75, 3.05) is 20.1 Å². The summed E-state index contributed by atoms with van der Waals surface area (Å²) < 4.78 is 0. The van der Waals surface area contributed by atoms with E-state index in [4.69, 9.17) is 0 Å². The number of nitrogens with one attached hydrogen (secondary N) is 1. The van der Waals surface area contributed by atoms with E-state index in [0.29, 0.717) is 0 Å². The van der Waals surface area contributed by atoms with Gasteiger partial charge in [0.25, 0.3) is 0 Å². The van der Waals surface area contributed by atoms with Crippen LogP contribution < -0.4 is 5.32 Å². The molecule has 1 aromatic carbocycles. The number of benzene rings is 1. The first-order chi connectivity index (χ1) is 8.83. The van der Waals surface area contributed by atoms with Crippen molar-refractivity contribution in [1.29, 1.82) is 0 Å². The van der Waals surface area contributed by atoms with Crippen LogP contribution in [-0.2, 0) is 6.54 Å². The van der Waals surface area contributed by atoms with E-state index in [1.165, 1.54) is 10.9 Å². The highest BCUT2D eigenvalue weighted by molar-refractivity contribution is 5.82. The summed E-state index contributed by atoms with van der Waals surface area (Å²) in [6.45, 7) is 2.69. The number of rotatable bonds is 2. The molecule has 3 rings (SSSR count). The molecule has 1 aromatic heterocycles. The summed E-state index contributed by atoms with van der Waals surface area (Å²) in [5, 5.41) is 4.55. The predicted molar refractivity (Wildman–Crippen MR) is 73.5 cm³/mol. The van der Waals surface area contributed by atoms with Gasteiger partial charge in [0.05, 0.1) is 12.1 Å². The quantitative estimate of drug-likeness (QED) is 0.867. The molecular weight excluding hydrogens is 224 g/mol. The number of aromatic nitrogens is 1. The highest BCUT2D eigenvalue weighted by atomic mass is 15.3. The van der Waals surface area contributed by atoms with Gasteiger partial charge in [-0.25, -0.2) is 0 Å². The Morgan fingerprint density at radius 3 is 3.11 bits per heavy atom. The van der Waals surface area contributed by atoms with Crippen LogP contribution in [0.5, 0.6) is 0 Å². The molecule has 1 N–H and O–H groups in total. The van der Waals surface area contributed by atoms with Crippen LogP contribution in [0.1, 0.15) is 5.56 Å². The van der Waals surface area contributed by atoms with E-state index in [1.54, 1.807) is 0 Å². The van der Waals surface area contributed by atoms with Crippen LogP contribution in [0.2, 0.25) is 0 Å². The predicted octanol–water partition coefficient (Wildman–Crippen LogP) is 1.63. The fraction of sp³-hybridized carbons (Fsp3) is 0.286. The number of pyridine rings is 1. The van der Waals surface area contributed by atoms with Gasteiger partial charge in [0.2, 0.25) is 0 Å². The summed E-state index contributed by atoms with van der Waals surface area (Å²) in [6, 6.07) is 10.4. The Kier molecular flexibility index (Phi) is 2.84. The number of fused-ring (bicyclic) bond motifs is 1. The topological polar surface area (TPSA) is 40.5 Å². The van der Waals surface area contributed by atoms with Crippen molar-refractivity contribution < 1.29 is 0 Å². The number of guanidine groups is 1. The molecular formula is C14H16N4. The molecule has 0 spiro atoms. The SMILES string of the molecule is CN1CCN=C1NCc1ccc2ncccc2c1. The van der Waals surface area contributed by atoms with Gasteiger partial charge in [0.1, 0.15) is 0 Å². The molecule has 0 saturated heterocycles. The Balaban J connectivity index is 1.75. The third kappa shape index (κ3) is 2.14. The summed E-state index contributed by atoms with van der Waals surface area (Å²) in [7, 11) is 2.06. The lowest BCUT2D eigenvalue weighted by Gasteiger charge is -2.15. The second kappa shape index (κ2) is 4.64. The fourth-order valence-electron chi connectivity index (χ4n) is 2.14. The highest BCUT2D eigenvalue weighted by Gasteiger charge is 2.11. The number of hydrogen-bond acceptors (Lipinski definition) is 4. The van der Waals surface area contributed by atoms with Crippen molar-refractivity contribution in [1.82, 2.24) is 15.2 Å². The summed E-state index contributed by atoms with van der Waals surface area (Å²) in [6.07, 6.45) is 1.82. The summed E-state index contributed by atoms with van der Waals surface area (Å²) >= 11 is 0. The molecule has 4 heteroatoms. The van der Waals surface area contributed by atoms with Crippen molar-refractivity contribution in [2.24, 2.45) is 4.99 Å². The van der Waals surface area contributed by atoms with E-state index in [2.05, 4.69) is 51.5 Å². The largest absolute Gasteiger partial charge is 0.352 e. The average molecular weight is 240 g/mol. The molecule has 0 aliphatic carbocycles. The molecule has 0 unspecified atom stereocenters. The van der Waals surface area contributed by atoms with Gasteiger partial charge in [-0.2, -0.15) is 0 Å². The molecule has 1 aliphatic rings. The zero-order chi connectivity index (χ0) is 12.4. The molecule has 18 heavy (non-hydrogen) atoms. The minimum absolute atomic E-state index is 0.800. The highest BCUT2D eigenvalue weighted by Crippen LogP contribution is 2.13. The van der Waals surface area contributed by atoms with Crippen LogP contribution >= 0.6 is 0 Å². The molecule has 0 saturated carbocycles. The lowest BCUT2D eigenvalue weighted by Crippen LogP contribution is -2.35. The lowest BCUT2D eigenvalue weighted by atomic mass is 10.1. The van der Waals surface area contributed by atoms with Crippen LogP contribution in [-0.4, -0.2) is 36.0 Å². The molecule has 4 nitrogen and oxygen atoms in total. The van der Waals surface area contributed by atoms with Crippen molar-refractivity contribution in [3.8, 4) is 0 Å². The van der Waals surface area contributed by atoms with Crippen LogP contribution in [0.4, 0.5) is 0 Å². The fourth-order valence-corrected chi connectivity index (χ4v) is 2.14. The second-order valence-electron chi connectivity index (χ2n) is 4.51. The number of likely N-dealkylation sites (N-methyl/N-ethyl adjacent to an activating group) is 1. The first kappa shape index (κ1) is 11.0. The maximum absolute atomic E-state index is 4.41. The monoisotopic (exact) mass is 240 g/mol. The van der Waals surface area contributed by atoms with Gasteiger partial charge in [0.15, 0.2) is 5.96 Å². The van der Waals surface area contributed by atoms with Crippen molar-refractivity contribution in [3.05, 3.63) is 42.1 Å². The molecule has 92 valence electrons. The third-order valence-electron chi connectivity index (χ3n) is 3.18. The van der Waals surface area contributed by atoms with Gasteiger partial charge in [0, 0.05) is 31.7 Å². The summed E-state index contributed by atoms with van der Waals surface area (Å²) in [5.41, 5.74) is 2.29. The molecule has 0 radical (unpaired) electrons. The van der Waals surface area contributed by atoms with E-state index in [9.17, 15) is 0 Å². The van der Waals surface area contributed by atoms with Gasteiger partial charge in [-0.15, -0.1) is 0 Å². The van der Waals surface area contributed by atoms with Gasteiger partial charge in [-0.05, 0) is 23.8 Å². The molecule has 0 bridgehead atoms. The first-order valence-electron chi connectivity index (χ1n) is 6.16. The maximum Gasteiger partial charge on any atom is 0.194 e. The zero-order valence-corrected chi connectivity index (χ0v) is 10.4. The zero-order valence-electron chi connectivity index (χ0n) is 10.4. The standard InChI is InChI=1S/C14H16N4/c1-18-8-7-16-14(18)17-10-11-4-5-13-12(9-11)3-2-6-15-13/h2-6,9H,7-8,10H2,1H3,(H,16,17). The Morgan fingerprint density at radius 1 is 1.33 bits per heavy atom. The van der Waals surface area contributed by atoms with E-state index < -0.39 is 0 Å². The average Bonchev–Trinajstić information content (AvgIpc) is 2.82. The summed E-state index contributed by atoms with van der Waals surface area (Å²) in [4.78, 5) is 10.9. The Hall–Kier alpha value is -2.10. The molecule has 2 aromatic rings. The van der Waals surface area contributed by atoms with Crippen LogP contribution in [0.15, 0.2) is 41.5 Å². The van der Waals surface area contributed by atoms with E-state index >= 15 is 0 Å². The van der Waals surface area contributed by atoms with Crippen LogP contribution in [0.3, 0.4) is 0 Å². The molecule has 1 aliphatic heterocycles. The van der Waals surface area contributed by atoms with Crippen molar-refractivity contribution in [3.63, 3.8) is 0 Å². The van der Waals surface area contributed by atoms with Crippen LogP contribution in [0.25, 0.3) is 10.9 Å². The lowest BCUT2D eigenvalue weighted by molar-refractivity contribution is 0.534. The molecule has 0 fully saturated rings. The van der Waals surface area contributed by atoms with Crippen molar-refractivity contribution in [2.45, 2.75) is 6.54 Å². The Bertz CT molecular complexity index is 591. The minimum Gasteiger partial charge on any atom is -0.352 e. The Labute approximate surface area is 106 Å². The Morgan fingerprint density at radius 2 is 2.28 bits per heavy atom. The normalized spacial score (nSPS) is 14.9. The van der Waals surface area contributed by atoms with Crippen LogP contribution in [0, 0.1) is 0 Å². The smallest absolute Gasteiger partial charge is 0.194 e. The van der Waals surface area contributed by atoms with Gasteiger partial charge >= 0.3 is 0 Å². The maximum atomic E-state index is 4.41. The molecule has 2 heterocycles. The first-order valence-corrected chi connectivity index (χ1v) is 6.16. The van der Waals surface area contributed by atoms with Gasteiger partial charge in [-0.1, -0.05) is 12.1 Å². The van der Waals surface area contributed by atoms with Gasteiger partial charge in [-0.3, -0.25) is 9.98 Å². The number of aliphatic imine (C=N–C) groups is 1. The molecule has 0 amide bonds. The number of hydrogen-bond donors (Lipinski definition) is 1. The summed E-state index contributed by atoms with van der Waals surface area (Å²) in [5.74, 6) is 0.987. The van der Waals surface area contributed by atoms with E-state index in [1.807, 2.05) is 12.3 Å². The van der Waals surface area contributed by atoms with E-state index in [-0.39, 0.29) is 0 Å². The third-order valence-corrected chi connectivity index (χ3v) is 3.18. The number of nitrogens with zero attached hydrogens (tertiary/aromatic N) is 3. The molecule has 0 atom stereocenters. The second-order valence-corrected chi connectivity index (χ2v) is 4.51. The van der Waals surface area contributed by atoms with E-state index in [0.717, 1.165) is 31.1 Å². The van der Waals surface area contributed by atoms with Gasteiger partial charge < -0.3 is 10.2 Å².